The Bertz CT molecular complexity index is 886. The lowest BCUT2D eigenvalue weighted by molar-refractivity contribution is 0.0740. The maximum absolute atomic E-state index is 13.1. The number of nitrogens with one attached hydrogen (secondary N) is 1. The molecule has 2 aromatic carbocycles. The number of carbonyl (C=O) groups is 1. The fourth-order valence-corrected chi connectivity index (χ4v) is 3.76. The highest BCUT2D eigenvalue weighted by Crippen LogP contribution is 2.42. The Balaban J connectivity index is 1.80. The fourth-order valence-electron chi connectivity index (χ4n) is 3.76. The summed E-state index contributed by atoms with van der Waals surface area (Å²) in [6, 6.07) is 20.3. The largest absolute Gasteiger partial charge is 0.326 e. The molecule has 26 heavy (non-hydrogen) atoms. The van der Waals surface area contributed by atoms with Crippen LogP contribution in [0.5, 0.6) is 0 Å². The first-order valence-electron chi connectivity index (χ1n) is 9.31. The predicted molar refractivity (Wildman–Crippen MR) is 103 cm³/mol. The highest BCUT2D eigenvalue weighted by molar-refractivity contribution is 6.00. The number of benzene rings is 2. The zero-order valence-corrected chi connectivity index (χ0v) is 15.0. The van der Waals surface area contributed by atoms with E-state index in [2.05, 4.69) is 29.3 Å². The number of rotatable bonds is 6. The van der Waals surface area contributed by atoms with Crippen molar-refractivity contribution in [3.8, 4) is 11.3 Å². The zero-order chi connectivity index (χ0) is 17.9. The number of unbranched alkanes of at least 4 members (excludes halogenated alkanes) is 2. The summed E-state index contributed by atoms with van der Waals surface area (Å²) in [5.74, 6) is 0.0552. The monoisotopic (exact) mass is 345 g/mol. The van der Waals surface area contributed by atoms with Gasteiger partial charge in [0.25, 0.3) is 5.91 Å². The van der Waals surface area contributed by atoms with Gasteiger partial charge in [0.05, 0.1) is 11.7 Å². The summed E-state index contributed by atoms with van der Waals surface area (Å²) >= 11 is 0. The van der Waals surface area contributed by atoms with Gasteiger partial charge < -0.3 is 4.90 Å². The molecule has 1 amide bonds. The molecule has 3 aromatic rings. The van der Waals surface area contributed by atoms with Crippen LogP contribution in [0.15, 0.2) is 60.7 Å². The summed E-state index contributed by atoms with van der Waals surface area (Å²) in [4.78, 5) is 15.1. The van der Waals surface area contributed by atoms with E-state index in [1.165, 1.54) is 0 Å². The van der Waals surface area contributed by atoms with Gasteiger partial charge in [0.15, 0.2) is 0 Å². The highest BCUT2D eigenvalue weighted by Gasteiger charge is 2.41. The number of hydrogen-bond donors (Lipinski definition) is 1. The number of nitrogens with zero attached hydrogens (tertiary/aromatic N) is 2. The predicted octanol–water partition coefficient (Wildman–Crippen LogP) is 4.81. The average molecular weight is 345 g/mol. The Labute approximate surface area is 153 Å². The van der Waals surface area contributed by atoms with Crippen LogP contribution in [0, 0.1) is 0 Å². The van der Waals surface area contributed by atoms with E-state index < -0.39 is 0 Å². The minimum atomic E-state index is -0.0792. The van der Waals surface area contributed by atoms with Crippen LogP contribution < -0.4 is 0 Å². The molecule has 0 saturated carbocycles. The van der Waals surface area contributed by atoms with Crippen molar-refractivity contribution in [2.24, 2.45) is 0 Å². The van der Waals surface area contributed by atoms with Gasteiger partial charge in [-0.2, -0.15) is 5.10 Å². The first-order chi connectivity index (χ1) is 12.8. The number of H-pyrrole nitrogens is 1. The molecule has 0 radical (unpaired) electrons. The van der Waals surface area contributed by atoms with Crippen molar-refractivity contribution in [1.82, 2.24) is 15.1 Å². The summed E-state index contributed by atoms with van der Waals surface area (Å²) in [5, 5.41) is 7.51. The molecule has 0 fully saturated rings. The second-order valence-corrected chi connectivity index (χ2v) is 6.75. The second kappa shape index (κ2) is 7.16. The summed E-state index contributed by atoms with van der Waals surface area (Å²) in [6.45, 7) is 2.95. The van der Waals surface area contributed by atoms with Gasteiger partial charge in [-0.25, -0.2) is 0 Å². The molecule has 132 valence electrons. The van der Waals surface area contributed by atoms with Crippen LogP contribution in [0.3, 0.4) is 0 Å². The lowest BCUT2D eigenvalue weighted by atomic mass is 9.96. The molecule has 1 unspecified atom stereocenters. The smallest absolute Gasteiger partial charge is 0.273 e. The molecule has 1 atom stereocenters. The number of amides is 1. The van der Waals surface area contributed by atoms with E-state index in [4.69, 9.17) is 0 Å². The van der Waals surface area contributed by atoms with Gasteiger partial charge in [-0.05, 0) is 12.0 Å². The van der Waals surface area contributed by atoms with E-state index in [1.54, 1.807) is 0 Å². The van der Waals surface area contributed by atoms with Gasteiger partial charge >= 0.3 is 0 Å². The summed E-state index contributed by atoms with van der Waals surface area (Å²) in [6.07, 6.45) is 3.28. The van der Waals surface area contributed by atoms with Gasteiger partial charge in [-0.3, -0.25) is 9.89 Å². The quantitative estimate of drug-likeness (QED) is 0.652. The number of carbonyl (C=O) groups excluding carboxylic acids is 1. The van der Waals surface area contributed by atoms with Gasteiger partial charge in [0, 0.05) is 17.7 Å². The minimum absolute atomic E-state index is 0.0552. The van der Waals surface area contributed by atoms with Crippen LogP contribution in [-0.4, -0.2) is 27.5 Å². The van der Waals surface area contributed by atoms with Crippen molar-refractivity contribution in [3.63, 3.8) is 0 Å². The van der Waals surface area contributed by atoms with Crippen LogP contribution in [0.1, 0.15) is 53.8 Å². The molecule has 1 aromatic heterocycles. The van der Waals surface area contributed by atoms with Crippen LogP contribution in [0.4, 0.5) is 0 Å². The third kappa shape index (κ3) is 2.81. The summed E-state index contributed by atoms with van der Waals surface area (Å²) in [7, 11) is 0. The van der Waals surface area contributed by atoms with E-state index >= 15 is 0 Å². The molecule has 2 heterocycles. The second-order valence-electron chi connectivity index (χ2n) is 6.75. The fraction of sp³-hybridized carbons (Fsp3) is 0.273. The number of aromatic nitrogens is 2. The van der Waals surface area contributed by atoms with Crippen LogP contribution >= 0.6 is 0 Å². The molecule has 1 N–H and O–H groups in total. The molecular weight excluding hydrogens is 322 g/mol. The zero-order valence-electron chi connectivity index (χ0n) is 15.0. The van der Waals surface area contributed by atoms with Gasteiger partial charge in [-0.1, -0.05) is 80.4 Å². The lowest BCUT2D eigenvalue weighted by Crippen LogP contribution is -2.30. The van der Waals surface area contributed by atoms with Crippen LogP contribution in [-0.2, 0) is 0 Å². The molecule has 0 aliphatic carbocycles. The minimum Gasteiger partial charge on any atom is -0.326 e. The number of hydrogen-bond acceptors (Lipinski definition) is 2. The van der Waals surface area contributed by atoms with Crippen molar-refractivity contribution < 1.29 is 4.79 Å². The standard InChI is InChI=1S/C22H23N3O/c1-2-3-10-15-25-21(17-13-8-5-9-14-17)18-19(16-11-6-4-7-12-16)23-24-20(18)22(25)26/h4-9,11-14,21H,2-3,10,15H2,1H3,(H,23,24). The van der Waals surface area contributed by atoms with Crippen molar-refractivity contribution in [2.45, 2.75) is 32.2 Å². The third-order valence-corrected chi connectivity index (χ3v) is 5.03. The normalized spacial score (nSPS) is 16.1. The molecule has 0 bridgehead atoms. The molecule has 4 nitrogen and oxygen atoms in total. The average Bonchev–Trinajstić information content (AvgIpc) is 3.23. The Kier molecular flexibility index (Phi) is 4.57. The lowest BCUT2D eigenvalue weighted by Gasteiger charge is -2.26. The maximum Gasteiger partial charge on any atom is 0.273 e. The Hall–Kier alpha value is -2.88. The van der Waals surface area contributed by atoms with E-state index in [0.29, 0.717) is 5.69 Å². The van der Waals surface area contributed by atoms with Crippen LogP contribution in [0.25, 0.3) is 11.3 Å². The van der Waals surface area contributed by atoms with Crippen molar-refractivity contribution in [3.05, 3.63) is 77.5 Å². The van der Waals surface area contributed by atoms with Crippen molar-refractivity contribution >= 4 is 5.91 Å². The Morgan fingerprint density at radius 3 is 2.38 bits per heavy atom. The van der Waals surface area contributed by atoms with E-state index in [0.717, 1.165) is 48.2 Å². The molecule has 4 rings (SSSR count). The molecule has 0 saturated heterocycles. The van der Waals surface area contributed by atoms with Gasteiger partial charge in [0.1, 0.15) is 5.69 Å². The number of fused-ring (bicyclic) bond motifs is 1. The Morgan fingerprint density at radius 2 is 1.69 bits per heavy atom. The molecule has 0 spiro atoms. The molecular formula is C22H23N3O. The van der Waals surface area contributed by atoms with Crippen molar-refractivity contribution in [1.29, 1.82) is 0 Å². The van der Waals surface area contributed by atoms with Crippen LogP contribution in [0.2, 0.25) is 0 Å². The van der Waals surface area contributed by atoms with Gasteiger partial charge in [0.2, 0.25) is 0 Å². The van der Waals surface area contributed by atoms with E-state index in [1.807, 2.05) is 53.4 Å². The number of aromatic amines is 1. The third-order valence-electron chi connectivity index (χ3n) is 5.03. The summed E-state index contributed by atoms with van der Waals surface area (Å²) < 4.78 is 0. The van der Waals surface area contributed by atoms with E-state index in [-0.39, 0.29) is 11.9 Å². The molecule has 1 aliphatic rings. The summed E-state index contributed by atoms with van der Waals surface area (Å²) in [5.41, 5.74) is 4.68. The highest BCUT2D eigenvalue weighted by atomic mass is 16.2. The van der Waals surface area contributed by atoms with E-state index in [9.17, 15) is 4.79 Å². The SMILES string of the molecule is CCCCCN1C(=O)c2[nH]nc(-c3ccccc3)c2C1c1ccccc1. The molecule has 4 heteroatoms. The first kappa shape index (κ1) is 16.6. The first-order valence-corrected chi connectivity index (χ1v) is 9.31. The van der Waals surface area contributed by atoms with Crippen molar-refractivity contribution in [2.75, 3.05) is 6.54 Å². The Morgan fingerprint density at radius 1 is 1.00 bits per heavy atom. The molecule has 1 aliphatic heterocycles. The maximum atomic E-state index is 13.1. The van der Waals surface area contributed by atoms with Gasteiger partial charge in [-0.15, -0.1) is 0 Å². The topological polar surface area (TPSA) is 49.0 Å².